The molecule has 0 saturated heterocycles. The van der Waals surface area contributed by atoms with Crippen molar-refractivity contribution in [3.63, 3.8) is 0 Å². The van der Waals surface area contributed by atoms with Crippen molar-refractivity contribution in [3.8, 4) is 5.75 Å². The third-order valence-electron chi connectivity index (χ3n) is 2.37. The van der Waals surface area contributed by atoms with Crippen LogP contribution in [-0.2, 0) is 6.54 Å². The van der Waals surface area contributed by atoms with Crippen LogP contribution in [0.4, 0.5) is 5.69 Å². The molecule has 1 aromatic carbocycles. The molecule has 19 heavy (non-hydrogen) atoms. The van der Waals surface area contributed by atoms with Crippen LogP contribution in [0.1, 0.15) is 12.6 Å². The van der Waals surface area contributed by atoms with Gasteiger partial charge in [-0.1, -0.05) is 11.6 Å². The van der Waals surface area contributed by atoms with Gasteiger partial charge in [-0.15, -0.1) is 0 Å². The predicted molar refractivity (Wildman–Crippen MR) is 79.7 cm³/mol. The van der Waals surface area contributed by atoms with Crippen LogP contribution in [0.5, 0.6) is 5.75 Å². The van der Waals surface area contributed by atoms with Gasteiger partial charge < -0.3 is 10.1 Å². The average Bonchev–Trinajstić information content (AvgIpc) is 2.41. The van der Waals surface area contributed by atoms with Crippen LogP contribution >= 0.6 is 27.5 Å². The van der Waals surface area contributed by atoms with Crippen LogP contribution in [0.25, 0.3) is 0 Å². The van der Waals surface area contributed by atoms with Crippen LogP contribution in [0.2, 0.25) is 5.02 Å². The summed E-state index contributed by atoms with van der Waals surface area (Å²) >= 11 is 9.50. The zero-order valence-electron chi connectivity index (χ0n) is 10.4. The summed E-state index contributed by atoms with van der Waals surface area (Å²) in [6, 6.07) is 3.63. The largest absolute Gasteiger partial charge is 0.491 e. The summed E-state index contributed by atoms with van der Waals surface area (Å²) in [5.74, 6) is 0.746. The van der Waals surface area contributed by atoms with Gasteiger partial charge in [0.25, 0.3) is 0 Å². The Hall–Kier alpha value is -1.33. The van der Waals surface area contributed by atoms with Crippen LogP contribution < -0.4 is 10.1 Å². The molecule has 1 aromatic heterocycles. The minimum Gasteiger partial charge on any atom is -0.491 e. The molecule has 6 heteroatoms. The average molecular weight is 343 g/mol. The lowest BCUT2D eigenvalue weighted by Crippen LogP contribution is -2.05. The molecule has 2 rings (SSSR count). The Kier molecular flexibility index (Phi) is 4.99. The normalized spacial score (nSPS) is 10.3. The van der Waals surface area contributed by atoms with Gasteiger partial charge in [0.15, 0.2) is 5.75 Å². The molecule has 0 fully saturated rings. The fraction of sp³-hybridized carbons (Fsp3) is 0.231. The van der Waals surface area contributed by atoms with Crippen molar-refractivity contribution in [2.45, 2.75) is 13.5 Å². The highest BCUT2D eigenvalue weighted by Gasteiger charge is 2.10. The van der Waals surface area contributed by atoms with E-state index < -0.39 is 0 Å². The van der Waals surface area contributed by atoms with E-state index in [0.717, 1.165) is 21.6 Å². The summed E-state index contributed by atoms with van der Waals surface area (Å²) in [6.07, 6.45) is 5.02. The Morgan fingerprint density at radius 2 is 2.21 bits per heavy atom. The van der Waals surface area contributed by atoms with Gasteiger partial charge in [0.2, 0.25) is 0 Å². The molecule has 0 aliphatic rings. The number of benzene rings is 1. The highest BCUT2D eigenvalue weighted by atomic mass is 79.9. The molecule has 0 bridgehead atoms. The summed E-state index contributed by atoms with van der Waals surface area (Å²) < 4.78 is 6.43. The summed E-state index contributed by atoms with van der Waals surface area (Å²) in [6.45, 7) is 3.08. The molecule has 0 saturated carbocycles. The van der Waals surface area contributed by atoms with E-state index >= 15 is 0 Å². The number of aromatic nitrogens is 2. The summed E-state index contributed by atoms with van der Waals surface area (Å²) in [7, 11) is 0. The Bertz CT molecular complexity index is 551. The Morgan fingerprint density at radius 1 is 1.37 bits per heavy atom. The first-order chi connectivity index (χ1) is 9.20. The fourth-order valence-corrected chi connectivity index (χ4v) is 2.51. The third-order valence-corrected chi connectivity index (χ3v) is 3.18. The lowest BCUT2D eigenvalue weighted by atomic mass is 10.3. The molecule has 0 amide bonds. The second kappa shape index (κ2) is 6.73. The van der Waals surface area contributed by atoms with Gasteiger partial charge in [-0.3, -0.25) is 9.97 Å². The summed E-state index contributed by atoms with van der Waals surface area (Å²) in [4.78, 5) is 8.23. The van der Waals surface area contributed by atoms with E-state index in [1.165, 1.54) is 0 Å². The minimum absolute atomic E-state index is 0.556. The maximum atomic E-state index is 6.05. The Morgan fingerprint density at radius 3 is 2.89 bits per heavy atom. The first kappa shape index (κ1) is 14.1. The summed E-state index contributed by atoms with van der Waals surface area (Å²) in [5, 5.41) is 3.89. The van der Waals surface area contributed by atoms with Crippen molar-refractivity contribution < 1.29 is 4.74 Å². The second-order valence-corrected chi connectivity index (χ2v) is 5.04. The second-order valence-electron chi connectivity index (χ2n) is 3.75. The molecule has 0 unspecified atom stereocenters. The SMILES string of the molecule is CCOc1c(Br)cc(Cl)cc1NCc1cnccn1. The quantitative estimate of drug-likeness (QED) is 0.895. The maximum Gasteiger partial charge on any atom is 0.156 e. The molecule has 2 aromatic rings. The van der Waals surface area contributed by atoms with Crippen LogP contribution in [-0.4, -0.2) is 16.6 Å². The Labute approximate surface area is 125 Å². The maximum absolute atomic E-state index is 6.05. The van der Waals surface area contributed by atoms with E-state index in [4.69, 9.17) is 16.3 Å². The van der Waals surface area contributed by atoms with Gasteiger partial charge in [-0.25, -0.2) is 0 Å². The van der Waals surface area contributed by atoms with Crippen LogP contribution in [0.15, 0.2) is 35.2 Å². The highest BCUT2D eigenvalue weighted by Crippen LogP contribution is 2.36. The molecular weight excluding hydrogens is 330 g/mol. The zero-order chi connectivity index (χ0) is 13.7. The predicted octanol–water partition coefficient (Wildman–Crippen LogP) is 3.90. The number of ether oxygens (including phenoxy) is 1. The lowest BCUT2D eigenvalue weighted by Gasteiger charge is -2.14. The van der Waals surface area contributed by atoms with Gasteiger partial charge in [0, 0.05) is 17.4 Å². The van der Waals surface area contributed by atoms with Crippen molar-refractivity contribution in [2.24, 2.45) is 0 Å². The topological polar surface area (TPSA) is 47.0 Å². The molecule has 0 radical (unpaired) electrons. The van der Waals surface area contributed by atoms with Crippen LogP contribution in [0, 0.1) is 0 Å². The summed E-state index contributed by atoms with van der Waals surface area (Å²) in [5.41, 5.74) is 1.67. The van der Waals surface area contributed by atoms with Gasteiger partial charge in [0.05, 0.1) is 35.2 Å². The molecule has 4 nitrogen and oxygen atoms in total. The smallest absolute Gasteiger partial charge is 0.156 e. The van der Waals surface area contributed by atoms with E-state index in [0.29, 0.717) is 18.2 Å². The number of rotatable bonds is 5. The van der Waals surface area contributed by atoms with Crippen molar-refractivity contribution in [1.29, 1.82) is 0 Å². The lowest BCUT2D eigenvalue weighted by molar-refractivity contribution is 0.339. The molecule has 1 heterocycles. The van der Waals surface area contributed by atoms with Gasteiger partial charge in [0.1, 0.15) is 0 Å². The van der Waals surface area contributed by atoms with E-state index in [9.17, 15) is 0 Å². The zero-order valence-corrected chi connectivity index (χ0v) is 12.7. The first-order valence-corrected chi connectivity index (χ1v) is 6.98. The fourth-order valence-electron chi connectivity index (χ4n) is 1.59. The standard InChI is InChI=1S/C13H13BrClN3O/c1-2-19-13-11(14)5-9(15)6-12(13)18-8-10-7-16-3-4-17-10/h3-7,18H,2,8H2,1H3. The van der Waals surface area contributed by atoms with E-state index in [2.05, 4.69) is 31.2 Å². The number of hydrogen-bond acceptors (Lipinski definition) is 4. The molecule has 0 atom stereocenters. The number of nitrogens with one attached hydrogen (secondary N) is 1. The molecule has 100 valence electrons. The van der Waals surface area contributed by atoms with Crippen molar-refractivity contribution in [3.05, 3.63) is 45.9 Å². The third kappa shape index (κ3) is 3.81. The molecule has 0 aliphatic carbocycles. The highest BCUT2D eigenvalue weighted by molar-refractivity contribution is 9.10. The van der Waals surface area contributed by atoms with Gasteiger partial charge in [-0.2, -0.15) is 0 Å². The van der Waals surface area contributed by atoms with Crippen LogP contribution in [0.3, 0.4) is 0 Å². The van der Waals surface area contributed by atoms with E-state index in [-0.39, 0.29) is 0 Å². The number of halogens is 2. The van der Waals surface area contributed by atoms with Crippen molar-refractivity contribution in [2.75, 3.05) is 11.9 Å². The van der Waals surface area contributed by atoms with Gasteiger partial charge >= 0.3 is 0 Å². The Balaban J connectivity index is 2.19. The molecule has 1 N–H and O–H groups in total. The minimum atomic E-state index is 0.556. The molecular formula is C13H13BrClN3O. The number of anilines is 1. The van der Waals surface area contributed by atoms with Crippen molar-refractivity contribution in [1.82, 2.24) is 9.97 Å². The number of hydrogen-bond donors (Lipinski definition) is 1. The van der Waals surface area contributed by atoms with Crippen molar-refractivity contribution >= 4 is 33.2 Å². The monoisotopic (exact) mass is 341 g/mol. The number of nitrogens with zero attached hydrogens (tertiary/aromatic N) is 2. The van der Waals surface area contributed by atoms with Gasteiger partial charge in [-0.05, 0) is 35.0 Å². The molecule has 0 spiro atoms. The first-order valence-electron chi connectivity index (χ1n) is 5.81. The van der Waals surface area contributed by atoms with E-state index in [1.807, 2.05) is 13.0 Å². The molecule has 0 aliphatic heterocycles. The van der Waals surface area contributed by atoms with E-state index in [1.54, 1.807) is 24.7 Å².